The van der Waals surface area contributed by atoms with E-state index in [1.807, 2.05) is 19.9 Å². The van der Waals surface area contributed by atoms with E-state index in [2.05, 4.69) is 25.6 Å². The molecule has 4 heterocycles. The van der Waals surface area contributed by atoms with Crippen LogP contribution < -0.4 is 5.32 Å². The van der Waals surface area contributed by atoms with Gasteiger partial charge in [0.1, 0.15) is 17.6 Å². The molecular weight excluding hydrogens is 362 g/mol. The van der Waals surface area contributed by atoms with Gasteiger partial charge in [-0.25, -0.2) is 4.98 Å². The molecule has 4 aromatic rings. The highest BCUT2D eigenvalue weighted by Gasteiger charge is 2.23. The summed E-state index contributed by atoms with van der Waals surface area (Å²) in [6.07, 6.45) is 0. The largest absolute Gasteiger partial charge is 0.466 e. The van der Waals surface area contributed by atoms with Crippen LogP contribution in [0.3, 0.4) is 0 Å². The van der Waals surface area contributed by atoms with Gasteiger partial charge < -0.3 is 18.8 Å². The molecule has 144 valence electrons. The highest BCUT2D eigenvalue weighted by molar-refractivity contribution is 6.07. The van der Waals surface area contributed by atoms with E-state index in [0.717, 1.165) is 11.3 Å². The quantitative estimate of drug-likeness (QED) is 0.569. The summed E-state index contributed by atoms with van der Waals surface area (Å²) in [7, 11) is 0. The number of aromatic nitrogens is 4. The van der Waals surface area contributed by atoms with Crippen LogP contribution in [0.2, 0.25) is 0 Å². The van der Waals surface area contributed by atoms with E-state index in [4.69, 9.17) is 13.5 Å². The number of fused-ring (bicyclic) bond motifs is 1. The van der Waals surface area contributed by atoms with Crippen LogP contribution in [0, 0.1) is 27.7 Å². The van der Waals surface area contributed by atoms with E-state index < -0.39 is 6.04 Å². The molecular formula is C19H19N5O4. The molecule has 9 nitrogen and oxygen atoms in total. The lowest BCUT2D eigenvalue weighted by Gasteiger charge is -2.11. The number of carbonyl (C=O) groups is 1. The zero-order chi connectivity index (χ0) is 20.0. The maximum absolute atomic E-state index is 13.1. The lowest BCUT2D eigenvalue weighted by atomic mass is 10.0. The average Bonchev–Trinajstić information content (AvgIpc) is 3.33. The van der Waals surface area contributed by atoms with Crippen LogP contribution in [0.15, 0.2) is 25.6 Å². The number of aryl methyl sites for hydroxylation is 4. The molecule has 0 aliphatic heterocycles. The first-order valence-corrected chi connectivity index (χ1v) is 8.79. The van der Waals surface area contributed by atoms with E-state index in [-0.39, 0.29) is 5.91 Å². The maximum atomic E-state index is 13.1. The third-order valence-electron chi connectivity index (χ3n) is 4.44. The second kappa shape index (κ2) is 6.59. The van der Waals surface area contributed by atoms with Gasteiger partial charge in [0.15, 0.2) is 5.82 Å². The molecule has 1 amide bonds. The number of amides is 1. The summed E-state index contributed by atoms with van der Waals surface area (Å²) in [4.78, 5) is 21.7. The van der Waals surface area contributed by atoms with Crippen LogP contribution in [0.1, 0.15) is 52.3 Å². The van der Waals surface area contributed by atoms with Gasteiger partial charge in [0.2, 0.25) is 5.89 Å². The molecule has 0 spiro atoms. The van der Waals surface area contributed by atoms with Crippen LogP contribution in [0.5, 0.6) is 0 Å². The first-order valence-electron chi connectivity index (χ1n) is 8.79. The predicted octanol–water partition coefficient (Wildman–Crippen LogP) is 3.59. The van der Waals surface area contributed by atoms with Crippen LogP contribution in [0.4, 0.5) is 0 Å². The summed E-state index contributed by atoms with van der Waals surface area (Å²) in [6.45, 7) is 8.96. The molecule has 0 radical (unpaired) electrons. The van der Waals surface area contributed by atoms with Crippen molar-refractivity contribution in [3.05, 3.63) is 46.6 Å². The van der Waals surface area contributed by atoms with Crippen molar-refractivity contribution in [1.82, 2.24) is 25.6 Å². The lowest BCUT2D eigenvalue weighted by Crippen LogP contribution is -2.27. The van der Waals surface area contributed by atoms with Gasteiger partial charge in [0.25, 0.3) is 11.6 Å². The molecule has 28 heavy (non-hydrogen) atoms. The minimum Gasteiger partial charge on any atom is -0.466 e. The highest BCUT2D eigenvalue weighted by atomic mass is 16.5. The summed E-state index contributed by atoms with van der Waals surface area (Å²) in [5, 5.41) is 11.2. The Morgan fingerprint density at radius 1 is 1.07 bits per heavy atom. The first kappa shape index (κ1) is 17.9. The number of nitrogens with one attached hydrogen (secondary N) is 1. The van der Waals surface area contributed by atoms with E-state index in [9.17, 15) is 4.79 Å². The lowest BCUT2D eigenvalue weighted by molar-refractivity contribution is 0.0934. The maximum Gasteiger partial charge on any atom is 0.259 e. The van der Waals surface area contributed by atoms with Crippen molar-refractivity contribution in [2.75, 3.05) is 0 Å². The molecule has 0 bridgehead atoms. The van der Waals surface area contributed by atoms with Gasteiger partial charge >= 0.3 is 0 Å². The SMILES string of the molecule is Cc1noc([C@@H](C)NC(=O)c2cc(-c3cc(C)oc3C)nc3onc(C)c23)n1. The van der Waals surface area contributed by atoms with E-state index >= 15 is 0 Å². The molecule has 0 unspecified atom stereocenters. The molecule has 0 fully saturated rings. The Kier molecular flexibility index (Phi) is 4.21. The van der Waals surface area contributed by atoms with Crippen LogP contribution in [-0.4, -0.2) is 26.2 Å². The average molecular weight is 381 g/mol. The number of rotatable bonds is 4. The molecule has 9 heteroatoms. The first-order chi connectivity index (χ1) is 13.3. The van der Waals surface area contributed by atoms with Crippen LogP contribution >= 0.6 is 0 Å². The standard InChI is InChI=1S/C19H19N5O4/c1-8-6-13(11(4)26-8)15-7-14(16-9(2)23-28-19(16)22-15)17(25)20-10(3)18-21-12(5)24-27-18/h6-7,10H,1-5H3,(H,20,25)/t10-/m1/s1. The second-order valence-electron chi connectivity index (χ2n) is 6.71. The van der Waals surface area contributed by atoms with Crippen LogP contribution in [0.25, 0.3) is 22.4 Å². The topological polar surface area (TPSA) is 120 Å². The van der Waals surface area contributed by atoms with E-state index in [1.165, 1.54) is 0 Å². The van der Waals surface area contributed by atoms with E-state index in [1.54, 1.807) is 26.8 Å². The molecule has 0 aromatic carbocycles. The Morgan fingerprint density at radius 3 is 2.50 bits per heavy atom. The Hall–Kier alpha value is -3.49. The third-order valence-corrected chi connectivity index (χ3v) is 4.44. The summed E-state index contributed by atoms with van der Waals surface area (Å²) in [6, 6.07) is 3.13. The molecule has 4 aromatic heterocycles. The minimum absolute atomic E-state index is 0.291. The monoisotopic (exact) mass is 381 g/mol. The number of pyridine rings is 1. The highest BCUT2D eigenvalue weighted by Crippen LogP contribution is 2.30. The molecule has 0 saturated carbocycles. The number of furan rings is 1. The number of carbonyl (C=O) groups excluding carboxylic acids is 1. The molecule has 1 N–H and O–H groups in total. The summed E-state index contributed by atoms with van der Waals surface area (Å²) < 4.78 is 16.1. The second-order valence-corrected chi connectivity index (χ2v) is 6.71. The minimum atomic E-state index is -0.460. The molecule has 0 aliphatic carbocycles. The molecule has 1 atom stereocenters. The van der Waals surface area contributed by atoms with Gasteiger partial charge in [-0.2, -0.15) is 4.98 Å². The summed E-state index contributed by atoms with van der Waals surface area (Å²) in [5.41, 5.74) is 2.65. The Bertz CT molecular complexity index is 1190. The third kappa shape index (κ3) is 3.04. The smallest absolute Gasteiger partial charge is 0.259 e. The summed E-state index contributed by atoms with van der Waals surface area (Å²) in [5.74, 6) is 1.99. The van der Waals surface area contributed by atoms with Crippen LogP contribution in [-0.2, 0) is 0 Å². The zero-order valence-electron chi connectivity index (χ0n) is 16.2. The van der Waals surface area contributed by atoms with E-state index in [0.29, 0.717) is 45.5 Å². The Balaban J connectivity index is 1.77. The number of hydrogen-bond donors (Lipinski definition) is 1. The fourth-order valence-corrected chi connectivity index (χ4v) is 3.12. The van der Waals surface area contributed by atoms with Crippen molar-refractivity contribution in [2.24, 2.45) is 0 Å². The van der Waals surface area contributed by atoms with Gasteiger partial charge in [-0.05, 0) is 46.8 Å². The van der Waals surface area contributed by atoms with Crippen molar-refractivity contribution < 1.29 is 18.3 Å². The van der Waals surface area contributed by atoms with Crippen molar-refractivity contribution in [3.63, 3.8) is 0 Å². The van der Waals surface area contributed by atoms with Crippen molar-refractivity contribution in [1.29, 1.82) is 0 Å². The van der Waals surface area contributed by atoms with Gasteiger partial charge in [-0.3, -0.25) is 4.79 Å². The fourth-order valence-electron chi connectivity index (χ4n) is 3.12. The van der Waals surface area contributed by atoms with Gasteiger partial charge in [-0.1, -0.05) is 10.3 Å². The van der Waals surface area contributed by atoms with Gasteiger partial charge in [0, 0.05) is 5.56 Å². The molecule has 0 aliphatic rings. The van der Waals surface area contributed by atoms with Gasteiger partial charge in [-0.15, -0.1) is 0 Å². The normalized spacial score (nSPS) is 12.5. The Labute approximate surface area is 160 Å². The van der Waals surface area contributed by atoms with Gasteiger partial charge in [0.05, 0.1) is 22.3 Å². The van der Waals surface area contributed by atoms with Crippen molar-refractivity contribution in [2.45, 2.75) is 40.7 Å². The predicted molar refractivity (Wildman–Crippen MR) is 98.6 cm³/mol. The summed E-state index contributed by atoms with van der Waals surface area (Å²) >= 11 is 0. The number of hydrogen-bond acceptors (Lipinski definition) is 8. The fraction of sp³-hybridized carbons (Fsp3) is 0.316. The molecule has 0 saturated heterocycles. The molecule has 4 rings (SSSR count). The number of nitrogens with zero attached hydrogens (tertiary/aromatic N) is 4. The van der Waals surface area contributed by atoms with Crippen molar-refractivity contribution >= 4 is 17.0 Å². The zero-order valence-corrected chi connectivity index (χ0v) is 16.2. The van der Waals surface area contributed by atoms with Crippen molar-refractivity contribution in [3.8, 4) is 11.3 Å². The Morgan fingerprint density at radius 2 is 1.86 bits per heavy atom.